The molecule has 2 aromatic carbocycles. The van der Waals surface area contributed by atoms with Gasteiger partial charge in [-0.25, -0.2) is 0 Å². The van der Waals surface area contributed by atoms with Crippen LogP contribution in [0.5, 0.6) is 11.5 Å². The maximum atomic E-state index is 11.1. The van der Waals surface area contributed by atoms with Crippen molar-refractivity contribution in [1.82, 2.24) is 0 Å². The van der Waals surface area contributed by atoms with Gasteiger partial charge in [-0.05, 0) is 23.8 Å². The van der Waals surface area contributed by atoms with Crippen LogP contribution in [-0.2, 0) is 6.54 Å². The third kappa shape index (κ3) is 3.56. The second kappa shape index (κ2) is 6.81. The molecule has 25 heavy (non-hydrogen) atoms. The van der Waals surface area contributed by atoms with Gasteiger partial charge in [-0.2, -0.15) is 0 Å². The summed E-state index contributed by atoms with van der Waals surface area (Å²) in [6.45, 7) is 1.04. The van der Waals surface area contributed by atoms with Crippen LogP contribution in [0.15, 0.2) is 30.3 Å². The Morgan fingerprint density at radius 2 is 1.84 bits per heavy atom. The predicted octanol–water partition coefficient (Wildman–Crippen LogP) is 3.54. The Morgan fingerprint density at radius 1 is 1.08 bits per heavy atom. The Labute approximate surface area is 146 Å². The van der Waals surface area contributed by atoms with Crippen molar-refractivity contribution in [2.75, 3.05) is 18.5 Å². The number of hydrogen-bond donors (Lipinski definition) is 1. The first kappa shape index (κ1) is 16.8. The van der Waals surface area contributed by atoms with E-state index in [-0.39, 0.29) is 23.6 Å². The zero-order chi connectivity index (χ0) is 18.0. The quantitative estimate of drug-likeness (QED) is 0.636. The number of nitro groups is 2. The second-order valence-electron chi connectivity index (χ2n) is 5.17. The van der Waals surface area contributed by atoms with E-state index in [0.29, 0.717) is 29.7 Å². The monoisotopic (exact) mass is 365 g/mol. The smallest absolute Gasteiger partial charge is 0.299 e. The van der Waals surface area contributed by atoms with E-state index in [0.717, 1.165) is 11.6 Å². The molecule has 0 aromatic heterocycles. The SMILES string of the molecule is O=[N+]([O-])c1ccc(NCc2cc(Cl)c3c(c2)OCCO3)c([N+](=O)[O-])c1. The van der Waals surface area contributed by atoms with Gasteiger partial charge in [-0.15, -0.1) is 0 Å². The highest BCUT2D eigenvalue weighted by Gasteiger charge is 2.20. The largest absolute Gasteiger partial charge is 0.486 e. The lowest BCUT2D eigenvalue weighted by molar-refractivity contribution is -0.393. The van der Waals surface area contributed by atoms with E-state index in [4.69, 9.17) is 21.1 Å². The first-order valence-corrected chi connectivity index (χ1v) is 7.58. The van der Waals surface area contributed by atoms with Crippen LogP contribution in [0.2, 0.25) is 5.02 Å². The summed E-state index contributed by atoms with van der Waals surface area (Å²) in [5, 5.41) is 25.2. The molecule has 3 rings (SSSR count). The first-order valence-electron chi connectivity index (χ1n) is 7.20. The van der Waals surface area contributed by atoms with Gasteiger partial charge in [-0.3, -0.25) is 20.2 Å². The lowest BCUT2D eigenvalue weighted by Crippen LogP contribution is -2.16. The van der Waals surface area contributed by atoms with Gasteiger partial charge in [0.1, 0.15) is 18.9 Å². The van der Waals surface area contributed by atoms with E-state index < -0.39 is 9.85 Å². The molecule has 2 aromatic rings. The van der Waals surface area contributed by atoms with E-state index in [1.807, 2.05) is 0 Å². The van der Waals surface area contributed by atoms with E-state index in [1.165, 1.54) is 12.1 Å². The summed E-state index contributed by atoms with van der Waals surface area (Å²) >= 11 is 6.15. The molecular weight excluding hydrogens is 354 g/mol. The Balaban J connectivity index is 1.83. The lowest BCUT2D eigenvalue weighted by Gasteiger charge is -2.20. The normalized spacial score (nSPS) is 12.5. The second-order valence-corrected chi connectivity index (χ2v) is 5.58. The molecule has 0 bridgehead atoms. The number of nitrogens with one attached hydrogen (secondary N) is 1. The maximum Gasteiger partial charge on any atom is 0.299 e. The molecule has 0 atom stereocenters. The molecule has 0 amide bonds. The number of benzene rings is 2. The standard InChI is InChI=1S/C15H12ClN3O6/c16-11-5-9(6-14-15(11)25-4-3-24-14)8-17-12-2-1-10(18(20)21)7-13(12)19(22)23/h1-2,5-7,17H,3-4,8H2. The van der Waals surface area contributed by atoms with Gasteiger partial charge in [0.05, 0.1) is 20.9 Å². The number of hydrogen-bond acceptors (Lipinski definition) is 7. The van der Waals surface area contributed by atoms with Gasteiger partial charge in [0.25, 0.3) is 11.4 Å². The van der Waals surface area contributed by atoms with Gasteiger partial charge in [0.2, 0.25) is 0 Å². The third-order valence-corrected chi connectivity index (χ3v) is 3.81. The van der Waals surface area contributed by atoms with Gasteiger partial charge in [0, 0.05) is 12.6 Å². The zero-order valence-corrected chi connectivity index (χ0v) is 13.5. The van der Waals surface area contributed by atoms with Crippen LogP contribution in [0.3, 0.4) is 0 Å². The number of non-ortho nitro benzene ring substituents is 1. The van der Waals surface area contributed by atoms with Crippen LogP contribution in [0.4, 0.5) is 17.1 Å². The molecule has 0 aliphatic carbocycles. The first-order chi connectivity index (χ1) is 12.0. The average molecular weight is 366 g/mol. The van der Waals surface area contributed by atoms with E-state index >= 15 is 0 Å². The highest BCUT2D eigenvalue weighted by atomic mass is 35.5. The topological polar surface area (TPSA) is 117 Å². The molecule has 0 unspecified atom stereocenters. The minimum Gasteiger partial charge on any atom is -0.486 e. The molecule has 0 fully saturated rings. The van der Waals surface area contributed by atoms with Gasteiger partial charge < -0.3 is 14.8 Å². The van der Waals surface area contributed by atoms with Crippen molar-refractivity contribution in [2.24, 2.45) is 0 Å². The number of anilines is 1. The zero-order valence-electron chi connectivity index (χ0n) is 12.7. The molecule has 1 aliphatic heterocycles. The summed E-state index contributed by atoms with van der Waals surface area (Å²) in [7, 11) is 0. The molecule has 0 spiro atoms. The third-order valence-electron chi connectivity index (χ3n) is 3.53. The van der Waals surface area contributed by atoms with Crippen molar-refractivity contribution in [2.45, 2.75) is 6.54 Å². The number of fused-ring (bicyclic) bond motifs is 1. The number of nitrogens with zero attached hydrogens (tertiary/aromatic N) is 2. The summed E-state index contributed by atoms with van der Waals surface area (Å²) < 4.78 is 10.9. The Hall–Kier alpha value is -3.07. The highest BCUT2D eigenvalue weighted by molar-refractivity contribution is 6.32. The van der Waals surface area contributed by atoms with E-state index in [2.05, 4.69) is 5.32 Å². The maximum absolute atomic E-state index is 11.1. The summed E-state index contributed by atoms with van der Waals surface area (Å²) in [6, 6.07) is 6.81. The minimum absolute atomic E-state index is 0.168. The predicted molar refractivity (Wildman–Crippen MR) is 89.5 cm³/mol. The van der Waals surface area contributed by atoms with Crippen LogP contribution in [-0.4, -0.2) is 23.1 Å². The molecule has 0 radical (unpaired) electrons. The summed E-state index contributed by atoms with van der Waals surface area (Å²) in [4.78, 5) is 20.5. The summed E-state index contributed by atoms with van der Waals surface area (Å²) in [5.74, 6) is 0.978. The molecule has 0 saturated heterocycles. The van der Waals surface area contributed by atoms with Crippen molar-refractivity contribution >= 4 is 28.7 Å². The Bertz CT molecular complexity index is 857. The Kier molecular flexibility index (Phi) is 4.57. The fourth-order valence-electron chi connectivity index (χ4n) is 2.40. The lowest BCUT2D eigenvalue weighted by atomic mass is 10.1. The van der Waals surface area contributed by atoms with Gasteiger partial charge in [0.15, 0.2) is 11.5 Å². The van der Waals surface area contributed by atoms with Crippen molar-refractivity contribution in [3.05, 3.63) is 61.1 Å². The Morgan fingerprint density at radius 3 is 2.56 bits per heavy atom. The molecule has 10 heteroatoms. The van der Waals surface area contributed by atoms with Crippen molar-refractivity contribution < 1.29 is 19.3 Å². The number of rotatable bonds is 5. The molecule has 1 aliphatic rings. The van der Waals surface area contributed by atoms with Crippen molar-refractivity contribution in [1.29, 1.82) is 0 Å². The van der Waals surface area contributed by atoms with Crippen LogP contribution in [0, 0.1) is 20.2 Å². The molecule has 1 N–H and O–H groups in total. The van der Waals surface area contributed by atoms with Crippen molar-refractivity contribution in [3.8, 4) is 11.5 Å². The van der Waals surface area contributed by atoms with E-state index in [9.17, 15) is 20.2 Å². The summed E-state index contributed by atoms with van der Waals surface area (Å²) in [5.41, 5.74) is 0.168. The number of ether oxygens (including phenoxy) is 2. The number of nitro benzene ring substituents is 2. The van der Waals surface area contributed by atoms with Crippen LogP contribution in [0.1, 0.15) is 5.56 Å². The molecular formula is C15H12ClN3O6. The summed E-state index contributed by atoms with van der Waals surface area (Å²) in [6.07, 6.45) is 0. The van der Waals surface area contributed by atoms with Gasteiger partial charge in [-0.1, -0.05) is 11.6 Å². The van der Waals surface area contributed by atoms with Crippen LogP contribution < -0.4 is 14.8 Å². The van der Waals surface area contributed by atoms with Crippen LogP contribution in [0.25, 0.3) is 0 Å². The fourth-order valence-corrected chi connectivity index (χ4v) is 2.69. The average Bonchev–Trinajstić information content (AvgIpc) is 2.59. The highest BCUT2D eigenvalue weighted by Crippen LogP contribution is 2.38. The van der Waals surface area contributed by atoms with Gasteiger partial charge >= 0.3 is 0 Å². The molecule has 130 valence electrons. The fraction of sp³-hybridized carbons (Fsp3) is 0.200. The molecule has 9 nitrogen and oxygen atoms in total. The minimum atomic E-state index is -0.683. The van der Waals surface area contributed by atoms with Crippen LogP contribution >= 0.6 is 11.6 Å². The van der Waals surface area contributed by atoms with E-state index in [1.54, 1.807) is 12.1 Å². The van der Waals surface area contributed by atoms with Crippen molar-refractivity contribution in [3.63, 3.8) is 0 Å². The molecule has 0 saturated carbocycles. The molecule has 1 heterocycles. The number of halogens is 1.